The molecule has 0 aromatic carbocycles. The molecule has 2 aromatic heterocycles. The summed E-state index contributed by atoms with van der Waals surface area (Å²) in [5.74, 6) is -1.78. The number of carbonyl (C=O) groups is 3. The van der Waals surface area contributed by atoms with Crippen LogP contribution in [0.3, 0.4) is 0 Å². The largest absolute Gasteiger partial charge is 0.443 e. The van der Waals surface area contributed by atoms with E-state index in [1.165, 1.54) is 18.3 Å². The van der Waals surface area contributed by atoms with Crippen LogP contribution in [0, 0.1) is 0 Å². The van der Waals surface area contributed by atoms with E-state index in [0.29, 0.717) is 12.3 Å². The van der Waals surface area contributed by atoms with Gasteiger partial charge in [-0.1, -0.05) is 0 Å². The lowest BCUT2D eigenvalue weighted by Gasteiger charge is -2.19. The third-order valence-corrected chi connectivity index (χ3v) is 3.93. The second-order valence-corrected chi connectivity index (χ2v) is 7.72. The smallest absolute Gasteiger partial charge is 0.426 e. The van der Waals surface area contributed by atoms with E-state index in [1.54, 1.807) is 20.8 Å². The number of hydrogen-bond acceptors (Lipinski definition) is 6. The summed E-state index contributed by atoms with van der Waals surface area (Å²) < 4.78 is 43.1. The fraction of sp³-hybridized carbons (Fsp3) is 0.278. The minimum atomic E-state index is -4.64. The van der Waals surface area contributed by atoms with Crippen molar-refractivity contribution in [2.24, 2.45) is 0 Å². The first kappa shape index (κ1) is 23.3. The number of aromatic nitrogens is 2. The highest BCUT2D eigenvalue weighted by molar-refractivity contribution is 9.10. The van der Waals surface area contributed by atoms with Crippen molar-refractivity contribution in [3.05, 3.63) is 57.6 Å². The van der Waals surface area contributed by atoms with Crippen molar-refractivity contribution in [1.29, 1.82) is 0 Å². The number of nitrogens with one attached hydrogen (secondary N) is 2. The van der Waals surface area contributed by atoms with Gasteiger partial charge in [0.2, 0.25) is 5.78 Å². The summed E-state index contributed by atoms with van der Waals surface area (Å²) in [4.78, 5) is 44.2. The molecule has 0 radical (unpaired) electrons. The van der Waals surface area contributed by atoms with Crippen molar-refractivity contribution in [2.75, 3.05) is 0 Å². The van der Waals surface area contributed by atoms with Crippen molar-refractivity contribution >= 4 is 33.7 Å². The Labute approximate surface area is 177 Å². The van der Waals surface area contributed by atoms with Crippen LogP contribution in [0.25, 0.3) is 0 Å². The van der Waals surface area contributed by atoms with Crippen molar-refractivity contribution < 1.29 is 32.3 Å². The summed E-state index contributed by atoms with van der Waals surface area (Å²) in [5, 5.41) is 0. The predicted molar refractivity (Wildman–Crippen MR) is 101 cm³/mol. The Kier molecular flexibility index (Phi) is 6.80. The summed E-state index contributed by atoms with van der Waals surface area (Å²) in [6.07, 6.45) is -3.83. The number of nitrogens with zero attached hydrogens (tertiary/aromatic N) is 2. The second-order valence-electron chi connectivity index (χ2n) is 6.86. The number of halogens is 4. The van der Waals surface area contributed by atoms with Gasteiger partial charge in [-0.3, -0.25) is 25.0 Å². The number of ketones is 1. The third-order valence-electron chi connectivity index (χ3n) is 3.33. The van der Waals surface area contributed by atoms with Gasteiger partial charge in [0, 0.05) is 16.9 Å². The Morgan fingerprint density at radius 2 is 1.73 bits per heavy atom. The zero-order valence-electron chi connectivity index (χ0n) is 15.9. The summed E-state index contributed by atoms with van der Waals surface area (Å²) in [6, 6.07) is 3.33. The molecule has 0 spiro atoms. The van der Waals surface area contributed by atoms with Crippen LogP contribution in [0.15, 0.2) is 35.1 Å². The first-order valence-electron chi connectivity index (χ1n) is 8.31. The molecule has 0 unspecified atom stereocenters. The standard InChI is InChI=1S/C18H16BrF3N4O4/c1-17(2,3)30-16(29)26-25-15(28)12-10(5-4-6-23-12)14(27)13-11(19)7-9(8-24-13)18(20,21)22/h4-8H,1-3H3,(H,25,28)(H,26,29). The maximum atomic E-state index is 12.8. The van der Waals surface area contributed by atoms with Gasteiger partial charge in [-0.15, -0.1) is 0 Å². The molecule has 0 atom stereocenters. The monoisotopic (exact) mass is 488 g/mol. The molecule has 0 saturated heterocycles. The average Bonchev–Trinajstić information content (AvgIpc) is 2.63. The first-order valence-corrected chi connectivity index (χ1v) is 9.10. The molecule has 8 nitrogen and oxygen atoms in total. The molecule has 2 N–H and O–H groups in total. The van der Waals surface area contributed by atoms with Crippen molar-refractivity contribution in [2.45, 2.75) is 32.5 Å². The van der Waals surface area contributed by atoms with Gasteiger partial charge in [0.25, 0.3) is 5.91 Å². The zero-order chi connectivity index (χ0) is 22.7. The van der Waals surface area contributed by atoms with Gasteiger partial charge in [-0.2, -0.15) is 13.2 Å². The molecule has 30 heavy (non-hydrogen) atoms. The summed E-state index contributed by atoms with van der Waals surface area (Å²) in [5.41, 5.74) is 1.28. The number of alkyl halides is 3. The second kappa shape index (κ2) is 8.78. The maximum Gasteiger partial charge on any atom is 0.426 e. The minimum absolute atomic E-state index is 0.204. The summed E-state index contributed by atoms with van der Waals surface area (Å²) in [7, 11) is 0. The highest BCUT2D eigenvalue weighted by Crippen LogP contribution is 2.31. The molecule has 12 heteroatoms. The van der Waals surface area contributed by atoms with Crippen LogP contribution in [-0.2, 0) is 10.9 Å². The lowest BCUT2D eigenvalue weighted by molar-refractivity contribution is -0.137. The quantitative estimate of drug-likeness (QED) is 0.503. The van der Waals surface area contributed by atoms with E-state index in [4.69, 9.17) is 4.74 Å². The molecule has 0 fully saturated rings. The summed E-state index contributed by atoms with van der Waals surface area (Å²) in [6.45, 7) is 4.87. The number of carbonyl (C=O) groups excluding carboxylic acids is 3. The van der Waals surface area contributed by atoms with Gasteiger partial charge in [-0.05, 0) is 54.9 Å². The van der Waals surface area contributed by atoms with Gasteiger partial charge in [0.05, 0.1) is 11.1 Å². The minimum Gasteiger partial charge on any atom is -0.443 e. The number of amides is 2. The fourth-order valence-corrected chi connectivity index (χ4v) is 2.66. The van der Waals surface area contributed by atoms with Crippen LogP contribution < -0.4 is 10.9 Å². The Bertz CT molecular complexity index is 990. The van der Waals surface area contributed by atoms with Gasteiger partial charge in [0.15, 0.2) is 0 Å². The molecular weight excluding hydrogens is 473 g/mol. The predicted octanol–water partition coefficient (Wildman–Crippen LogP) is 3.66. The molecule has 0 saturated carbocycles. The Morgan fingerprint density at radius 1 is 1.07 bits per heavy atom. The summed E-state index contributed by atoms with van der Waals surface area (Å²) >= 11 is 2.90. The van der Waals surface area contributed by atoms with E-state index >= 15 is 0 Å². The van der Waals surface area contributed by atoms with Crippen molar-refractivity contribution in [3.8, 4) is 0 Å². The Balaban J connectivity index is 2.25. The Hall–Kier alpha value is -3.02. The molecule has 2 heterocycles. The van der Waals surface area contributed by atoms with Crippen LogP contribution in [-0.4, -0.2) is 33.4 Å². The SMILES string of the molecule is CC(C)(C)OC(=O)NNC(=O)c1ncccc1C(=O)c1ncc(C(F)(F)F)cc1Br. The van der Waals surface area contributed by atoms with Gasteiger partial charge in [-0.25, -0.2) is 10.2 Å². The van der Waals surface area contributed by atoms with Crippen LogP contribution in [0.5, 0.6) is 0 Å². The maximum absolute atomic E-state index is 12.8. The van der Waals surface area contributed by atoms with Crippen LogP contribution in [0.1, 0.15) is 52.9 Å². The van der Waals surface area contributed by atoms with Gasteiger partial charge < -0.3 is 4.74 Å². The van der Waals surface area contributed by atoms with Crippen LogP contribution >= 0.6 is 15.9 Å². The van der Waals surface area contributed by atoms with E-state index in [9.17, 15) is 27.6 Å². The number of pyridine rings is 2. The Morgan fingerprint density at radius 3 is 2.30 bits per heavy atom. The lowest BCUT2D eigenvalue weighted by atomic mass is 10.0. The number of hydrogen-bond donors (Lipinski definition) is 2. The van der Waals surface area contributed by atoms with E-state index in [1.807, 2.05) is 5.43 Å². The van der Waals surface area contributed by atoms with Crippen LogP contribution in [0.2, 0.25) is 0 Å². The molecule has 160 valence electrons. The third kappa shape index (κ3) is 5.99. The first-order chi connectivity index (χ1) is 13.8. The van der Waals surface area contributed by atoms with Crippen molar-refractivity contribution in [1.82, 2.24) is 20.8 Å². The highest BCUT2D eigenvalue weighted by atomic mass is 79.9. The molecule has 2 amide bonds. The molecule has 0 aliphatic heterocycles. The molecule has 2 rings (SSSR count). The average molecular weight is 489 g/mol. The van der Waals surface area contributed by atoms with Crippen LogP contribution in [0.4, 0.5) is 18.0 Å². The number of ether oxygens (including phenoxy) is 1. The molecule has 0 bridgehead atoms. The van der Waals surface area contributed by atoms with Gasteiger partial charge in [0.1, 0.15) is 17.0 Å². The van der Waals surface area contributed by atoms with E-state index in [2.05, 4.69) is 31.3 Å². The molecule has 2 aromatic rings. The molecule has 0 aliphatic carbocycles. The number of hydrazine groups is 1. The normalized spacial score (nSPS) is 11.6. The van der Waals surface area contributed by atoms with Crippen molar-refractivity contribution in [3.63, 3.8) is 0 Å². The van der Waals surface area contributed by atoms with E-state index in [-0.39, 0.29) is 21.4 Å². The lowest BCUT2D eigenvalue weighted by Crippen LogP contribution is -2.44. The highest BCUT2D eigenvalue weighted by Gasteiger charge is 2.32. The number of rotatable bonds is 3. The fourth-order valence-electron chi connectivity index (χ4n) is 2.13. The van der Waals surface area contributed by atoms with Gasteiger partial charge >= 0.3 is 12.3 Å². The molecule has 0 aliphatic rings. The van der Waals surface area contributed by atoms with E-state index in [0.717, 1.165) is 0 Å². The van der Waals surface area contributed by atoms with E-state index < -0.39 is 35.1 Å². The topological polar surface area (TPSA) is 110 Å². The molecular formula is C18H16BrF3N4O4. The zero-order valence-corrected chi connectivity index (χ0v) is 17.5.